The highest BCUT2D eigenvalue weighted by atomic mass is 15.3. The average Bonchev–Trinajstić information content (AvgIpc) is 3.07. The Labute approximate surface area is 150 Å². The van der Waals surface area contributed by atoms with Crippen molar-refractivity contribution in [1.29, 1.82) is 0 Å². The van der Waals surface area contributed by atoms with E-state index in [1.54, 1.807) is 0 Å². The summed E-state index contributed by atoms with van der Waals surface area (Å²) in [6.07, 6.45) is 4.63. The Hall–Kier alpha value is -1.66. The Morgan fingerprint density at radius 3 is 2.52 bits per heavy atom. The number of nitrogens with zero attached hydrogens (tertiary/aromatic N) is 6. The molecule has 0 saturated carbocycles. The van der Waals surface area contributed by atoms with Crippen molar-refractivity contribution in [2.24, 2.45) is 7.05 Å². The van der Waals surface area contributed by atoms with Gasteiger partial charge in [-0.2, -0.15) is 5.10 Å². The third-order valence-corrected chi connectivity index (χ3v) is 5.92. The molecular formula is C19H30N6. The monoisotopic (exact) mass is 342 g/mol. The van der Waals surface area contributed by atoms with Gasteiger partial charge in [-0.05, 0) is 46.8 Å². The fraction of sp³-hybridized carbons (Fsp3) is 0.684. The van der Waals surface area contributed by atoms with Gasteiger partial charge in [-0.15, -0.1) is 0 Å². The number of piperidine rings is 1. The quantitative estimate of drug-likeness (QED) is 0.856. The highest BCUT2D eigenvalue weighted by Crippen LogP contribution is 2.32. The molecule has 0 unspecified atom stereocenters. The fourth-order valence-corrected chi connectivity index (χ4v) is 4.42. The summed E-state index contributed by atoms with van der Waals surface area (Å²) < 4.78 is 4.38. The summed E-state index contributed by atoms with van der Waals surface area (Å²) in [7, 11) is 4.23. The molecule has 2 aliphatic heterocycles. The van der Waals surface area contributed by atoms with E-state index in [9.17, 15) is 0 Å². The number of hydrogen-bond donors (Lipinski definition) is 0. The van der Waals surface area contributed by atoms with Crippen LogP contribution in [0.1, 0.15) is 47.2 Å². The lowest BCUT2D eigenvalue weighted by Crippen LogP contribution is -2.35. The van der Waals surface area contributed by atoms with Gasteiger partial charge in [0.2, 0.25) is 0 Å². The Bertz CT molecular complexity index is 750. The molecular weight excluding hydrogens is 312 g/mol. The summed E-state index contributed by atoms with van der Waals surface area (Å²) >= 11 is 0. The predicted octanol–water partition coefficient (Wildman–Crippen LogP) is 2.06. The lowest BCUT2D eigenvalue weighted by molar-refractivity contribution is 0.207. The third-order valence-electron chi connectivity index (χ3n) is 5.92. The van der Waals surface area contributed by atoms with E-state index in [1.807, 2.05) is 11.7 Å². The minimum absolute atomic E-state index is 0.631. The lowest BCUT2D eigenvalue weighted by Gasteiger charge is -2.32. The van der Waals surface area contributed by atoms with Gasteiger partial charge in [0.1, 0.15) is 5.82 Å². The van der Waals surface area contributed by atoms with E-state index in [1.165, 1.54) is 48.7 Å². The zero-order valence-corrected chi connectivity index (χ0v) is 16.0. The van der Waals surface area contributed by atoms with Gasteiger partial charge in [0.25, 0.3) is 0 Å². The zero-order chi connectivity index (χ0) is 17.6. The van der Waals surface area contributed by atoms with Crippen LogP contribution in [0.15, 0.2) is 6.20 Å². The highest BCUT2D eigenvalue weighted by molar-refractivity contribution is 5.24. The minimum atomic E-state index is 0.631. The Balaban J connectivity index is 1.54. The van der Waals surface area contributed by atoms with Crippen molar-refractivity contribution < 1.29 is 0 Å². The van der Waals surface area contributed by atoms with Crippen molar-refractivity contribution in [3.8, 4) is 0 Å². The number of rotatable bonds is 3. The van der Waals surface area contributed by atoms with E-state index in [2.05, 4.69) is 46.6 Å². The minimum Gasteiger partial charge on any atom is -0.329 e. The van der Waals surface area contributed by atoms with Gasteiger partial charge in [0.05, 0.1) is 17.1 Å². The van der Waals surface area contributed by atoms with E-state index in [-0.39, 0.29) is 0 Å². The Morgan fingerprint density at radius 2 is 1.84 bits per heavy atom. The molecule has 2 aromatic rings. The molecule has 25 heavy (non-hydrogen) atoms. The van der Waals surface area contributed by atoms with Crippen LogP contribution < -0.4 is 0 Å². The van der Waals surface area contributed by atoms with E-state index >= 15 is 0 Å². The maximum absolute atomic E-state index is 5.01. The first-order chi connectivity index (χ1) is 12.0. The first kappa shape index (κ1) is 16.8. The van der Waals surface area contributed by atoms with Crippen molar-refractivity contribution in [3.63, 3.8) is 0 Å². The van der Waals surface area contributed by atoms with Gasteiger partial charge < -0.3 is 9.47 Å². The van der Waals surface area contributed by atoms with Gasteiger partial charge in [-0.25, -0.2) is 4.98 Å². The molecule has 4 rings (SSSR count). The van der Waals surface area contributed by atoms with Gasteiger partial charge in [-0.1, -0.05) is 0 Å². The molecule has 6 heteroatoms. The van der Waals surface area contributed by atoms with Gasteiger partial charge in [0.15, 0.2) is 0 Å². The summed E-state index contributed by atoms with van der Waals surface area (Å²) in [4.78, 5) is 9.99. The topological polar surface area (TPSA) is 42.1 Å². The van der Waals surface area contributed by atoms with Crippen molar-refractivity contribution >= 4 is 0 Å². The molecule has 0 spiro atoms. The molecule has 0 aliphatic carbocycles. The van der Waals surface area contributed by atoms with Crippen molar-refractivity contribution in [2.45, 2.75) is 52.2 Å². The number of aromatic nitrogens is 4. The normalized spacial score (nSPS) is 20.2. The standard InChI is InChI=1S/C19H30N6/c1-14-17(11-23(4)21-14)12-24-9-10-25-15(2)20-19(18(25)13-24)16-5-7-22(3)8-6-16/h11,16H,5-10,12-13H2,1-4H3. The van der Waals surface area contributed by atoms with Crippen LogP contribution in [0.25, 0.3) is 0 Å². The lowest BCUT2D eigenvalue weighted by atomic mass is 9.92. The molecule has 1 fully saturated rings. The molecule has 6 nitrogen and oxygen atoms in total. The number of hydrogen-bond acceptors (Lipinski definition) is 4. The molecule has 0 bridgehead atoms. The highest BCUT2D eigenvalue weighted by Gasteiger charge is 2.29. The second-order valence-electron chi connectivity index (χ2n) is 7.84. The smallest absolute Gasteiger partial charge is 0.106 e. The molecule has 0 N–H and O–H groups in total. The van der Waals surface area contributed by atoms with E-state index in [0.717, 1.165) is 31.9 Å². The molecule has 1 saturated heterocycles. The molecule has 2 aliphatic rings. The number of likely N-dealkylation sites (tertiary alicyclic amines) is 1. The summed E-state index contributed by atoms with van der Waals surface area (Å²) in [5, 5.41) is 4.49. The molecule has 0 aromatic carbocycles. The van der Waals surface area contributed by atoms with Crippen LogP contribution >= 0.6 is 0 Å². The first-order valence-electron chi connectivity index (χ1n) is 9.47. The number of fused-ring (bicyclic) bond motifs is 1. The summed E-state index contributed by atoms with van der Waals surface area (Å²) in [6, 6.07) is 0. The van der Waals surface area contributed by atoms with Crippen LogP contribution in [0.4, 0.5) is 0 Å². The molecule has 136 valence electrons. The first-order valence-corrected chi connectivity index (χ1v) is 9.47. The molecule has 0 radical (unpaired) electrons. The third kappa shape index (κ3) is 3.25. The summed E-state index contributed by atoms with van der Waals surface area (Å²) in [5.41, 5.74) is 5.32. The maximum Gasteiger partial charge on any atom is 0.106 e. The molecule has 0 atom stereocenters. The summed E-state index contributed by atoms with van der Waals surface area (Å²) in [5.74, 6) is 1.83. The SMILES string of the molecule is Cc1nn(C)cc1CN1CCn2c(C)nc(C3CCN(C)CC3)c2C1. The Morgan fingerprint density at radius 1 is 1.08 bits per heavy atom. The number of imidazole rings is 1. The predicted molar refractivity (Wildman–Crippen MR) is 98.5 cm³/mol. The Kier molecular flexibility index (Phi) is 4.41. The van der Waals surface area contributed by atoms with E-state index in [4.69, 9.17) is 4.98 Å². The number of aryl methyl sites for hydroxylation is 3. The van der Waals surface area contributed by atoms with Gasteiger partial charge in [0, 0.05) is 50.9 Å². The average molecular weight is 342 g/mol. The van der Waals surface area contributed by atoms with Crippen LogP contribution in [-0.2, 0) is 26.7 Å². The van der Waals surface area contributed by atoms with Crippen LogP contribution in [0.2, 0.25) is 0 Å². The van der Waals surface area contributed by atoms with Crippen LogP contribution in [0.5, 0.6) is 0 Å². The van der Waals surface area contributed by atoms with Crippen molar-refractivity contribution in [3.05, 3.63) is 34.7 Å². The van der Waals surface area contributed by atoms with Crippen LogP contribution in [0.3, 0.4) is 0 Å². The van der Waals surface area contributed by atoms with Gasteiger partial charge in [-0.3, -0.25) is 9.58 Å². The van der Waals surface area contributed by atoms with Crippen LogP contribution in [-0.4, -0.2) is 55.8 Å². The zero-order valence-electron chi connectivity index (χ0n) is 16.0. The van der Waals surface area contributed by atoms with E-state index in [0.29, 0.717) is 5.92 Å². The second-order valence-corrected chi connectivity index (χ2v) is 7.84. The second kappa shape index (κ2) is 6.57. The fourth-order valence-electron chi connectivity index (χ4n) is 4.42. The summed E-state index contributed by atoms with van der Waals surface area (Å²) in [6.45, 7) is 10.8. The largest absolute Gasteiger partial charge is 0.329 e. The maximum atomic E-state index is 5.01. The molecule has 2 aromatic heterocycles. The van der Waals surface area contributed by atoms with Gasteiger partial charge >= 0.3 is 0 Å². The van der Waals surface area contributed by atoms with Crippen LogP contribution in [0, 0.1) is 13.8 Å². The van der Waals surface area contributed by atoms with Crippen molar-refractivity contribution in [2.75, 3.05) is 26.7 Å². The molecule has 0 amide bonds. The van der Waals surface area contributed by atoms with Crippen molar-refractivity contribution in [1.82, 2.24) is 29.1 Å². The molecule has 4 heterocycles. The van der Waals surface area contributed by atoms with E-state index < -0.39 is 0 Å².